The van der Waals surface area contributed by atoms with Crippen molar-refractivity contribution in [3.05, 3.63) is 29.3 Å². The highest BCUT2D eigenvalue weighted by molar-refractivity contribution is 7.78. The van der Waals surface area contributed by atoms with Gasteiger partial charge in [-0.1, -0.05) is 26.2 Å². The van der Waals surface area contributed by atoms with Crippen LogP contribution >= 0.6 is 12.2 Å². The lowest BCUT2D eigenvalue weighted by Gasteiger charge is -2.38. The van der Waals surface area contributed by atoms with Crippen LogP contribution in [0.2, 0.25) is 0 Å². The fraction of sp³-hybridized carbons (Fsp3) is 0.667. The van der Waals surface area contributed by atoms with Crippen molar-refractivity contribution >= 4 is 23.1 Å². The molecule has 2 aliphatic rings. The summed E-state index contributed by atoms with van der Waals surface area (Å²) < 4.78 is 28.1. The molecule has 25 heavy (non-hydrogen) atoms. The molecule has 1 aromatic carbocycles. The van der Waals surface area contributed by atoms with Gasteiger partial charge < -0.3 is 0 Å². The molecule has 0 aromatic heterocycles. The minimum atomic E-state index is -0.632. The van der Waals surface area contributed by atoms with Crippen LogP contribution in [0, 0.1) is 29.4 Å². The SMILES string of the molecule is CCC1CCC(C2CCC(c3cc(F)c(N=C=S)c(F)c3)CC2)CC1. The van der Waals surface area contributed by atoms with E-state index in [0.29, 0.717) is 0 Å². The summed E-state index contributed by atoms with van der Waals surface area (Å²) in [7, 11) is 0. The topological polar surface area (TPSA) is 12.4 Å². The van der Waals surface area contributed by atoms with E-state index in [4.69, 9.17) is 0 Å². The molecule has 0 aliphatic heterocycles. The number of hydrogen-bond acceptors (Lipinski definition) is 2. The average Bonchev–Trinajstić information content (AvgIpc) is 2.65. The first-order valence-corrected chi connectivity index (χ1v) is 10.1. The molecule has 2 fully saturated rings. The molecule has 4 heteroatoms. The second kappa shape index (κ2) is 8.51. The number of benzene rings is 1. The van der Waals surface area contributed by atoms with Gasteiger partial charge in [-0.15, -0.1) is 0 Å². The Bertz CT molecular complexity index is 614. The molecule has 2 aliphatic carbocycles. The second-order valence-electron chi connectivity index (χ2n) is 7.84. The van der Waals surface area contributed by atoms with Crippen LogP contribution in [-0.2, 0) is 0 Å². The average molecular weight is 364 g/mol. The zero-order valence-corrected chi connectivity index (χ0v) is 15.8. The first-order chi connectivity index (χ1) is 12.1. The highest BCUT2D eigenvalue weighted by Crippen LogP contribution is 2.44. The number of nitrogens with zero attached hydrogens (tertiary/aromatic N) is 1. The Balaban J connectivity index is 1.60. The Hall–Kier alpha value is -1.12. The summed E-state index contributed by atoms with van der Waals surface area (Å²) in [5.41, 5.74) is 0.451. The number of aliphatic imine (C=N–C) groups is 1. The summed E-state index contributed by atoms with van der Waals surface area (Å²) in [6.07, 6.45) is 11.3. The van der Waals surface area contributed by atoms with Crippen molar-refractivity contribution in [1.29, 1.82) is 0 Å². The zero-order chi connectivity index (χ0) is 17.8. The van der Waals surface area contributed by atoms with Crippen molar-refractivity contribution in [2.24, 2.45) is 22.7 Å². The molecule has 0 saturated heterocycles. The van der Waals surface area contributed by atoms with E-state index in [2.05, 4.69) is 24.1 Å². The van der Waals surface area contributed by atoms with E-state index in [1.165, 1.54) is 57.1 Å². The van der Waals surface area contributed by atoms with Gasteiger partial charge in [0, 0.05) is 0 Å². The summed E-state index contributed by atoms with van der Waals surface area (Å²) in [5.74, 6) is 1.61. The highest BCUT2D eigenvalue weighted by atomic mass is 32.1. The van der Waals surface area contributed by atoms with Gasteiger partial charge in [0.15, 0.2) is 11.6 Å². The van der Waals surface area contributed by atoms with Gasteiger partial charge in [0.1, 0.15) is 5.69 Å². The van der Waals surface area contributed by atoms with Gasteiger partial charge in [-0.05, 0) is 92.1 Å². The molecule has 0 unspecified atom stereocenters. The predicted octanol–water partition coefficient (Wildman–Crippen LogP) is 7.19. The molecule has 3 rings (SSSR count). The molecule has 0 amide bonds. The van der Waals surface area contributed by atoms with Gasteiger partial charge in [-0.25, -0.2) is 8.78 Å². The molecular formula is C21H27F2NS. The van der Waals surface area contributed by atoms with Crippen molar-refractivity contribution in [3.8, 4) is 0 Å². The minimum absolute atomic E-state index is 0.262. The smallest absolute Gasteiger partial charge is 0.152 e. The third kappa shape index (κ3) is 4.35. The maximum atomic E-state index is 14.1. The van der Waals surface area contributed by atoms with E-state index in [0.717, 1.165) is 36.2 Å². The van der Waals surface area contributed by atoms with Gasteiger partial charge in [-0.2, -0.15) is 4.99 Å². The molecule has 0 N–H and O–H groups in total. The van der Waals surface area contributed by atoms with Crippen LogP contribution < -0.4 is 0 Å². The Kier molecular flexibility index (Phi) is 6.35. The van der Waals surface area contributed by atoms with Crippen molar-refractivity contribution in [2.45, 2.75) is 70.6 Å². The third-order valence-electron chi connectivity index (χ3n) is 6.58. The van der Waals surface area contributed by atoms with Gasteiger partial charge in [0.2, 0.25) is 0 Å². The molecule has 0 spiro atoms. The molecule has 0 heterocycles. The standard InChI is InChI=1S/C21H27F2NS/c1-2-14-3-5-15(6-4-14)16-7-9-17(10-8-16)18-11-19(22)21(24-13-25)20(23)12-18/h11-12,14-17H,2-10H2,1H3. The van der Waals surface area contributed by atoms with Gasteiger partial charge in [0.05, 0.1) is 5.16 Å². The molecule has 2 saturated carbocycles. The predicted molar refractivity (Wildman–Crippen MR) is 101 cm³/mol. The summed E-state index contributed by atoms with van der Waals surface area (Å²) >= 11 is 4.45. The number of halogens is 2. The number of isothiocyanates is 1. The number of thiocarbonyl (C=S) groups is 1. The molecule has 136 valence electrons. The second-order valence-corrected chi connectivity index (χ2v) is 8.02. The highest BCUT2D eigenvalue weighted by Gasteiger charge is 2.31. The lowest BCUT2D eigenvalue weighted by Crippen LogP contribution is -2.25. The minimum Gasteiger partial charge on any atom is -0.204 e. The van der Waals surface area contributed by atoms with Gasteiger partial charge >= 0.3 is 0 Å². The quantitative estimate of drug-likeness (QED) is 0.407. The fourth-order valence-electron chi connectivity index (χ4n) is 4.97. The maximum absolute atomic E-state index is 14.1. The van der Waals surface area contributed by atoms with Crippen LogP contribution in [-0.4, -0.2) is 5.16 Å². The van der Waals surface area contributed by atoms with Crippen molar-refractivity contribution in [2.75, 3.05) is 0 Å². The normalized spacial score (nSPS) is 29.9. The third-order valence-corrected chi connectivity index (χ3v) is 6.67. The molecule has 0 radical (unpaired) electrons. The number of rotatable bonds is 4. The largest absolute Gasteiger partial charge is 0.204 e. The van der Waals surface area contributed by atoms with E-state index in [-0.39, 0.29) is 11.6 Å². The van der Waals surface area contributed by atoms with Crippen LogP contribution in [0.3, 0.4) is 0 Å². The Morgan fingerprint density at radius 3 is 1.96 bits per heavy atom. The van der Waals surface area contributed by atoms with Crippen LogP contribution in [0.15, 0.2) is 17.1 Å². The van der Waals surface area contributed by atoms with Crippen LogP contribution in [0.4, 0.5) is 14.5 Å². The number of hydrogen-bond donors (Lipinski definition) is 0. The Morgan fingerprint density at radius 2 is 1.48 bits per heavy atom. The van der Waals surface area contributed by atoms with E-state index in [1.54, 1.807) is 0 Å². The Labute approximate surface area is 154 Å². The van der Waals surface area contributed by atoms with Crippen molar-refractivity contribution in [1.82, 2.24) is 0 Å². The summed E-state index contributed by atoms with van der Waals surface area (Å²) in [6, 6.07) is 2.87. The van der Waals surface area contributed by atoms with Crippen molar-refractivity contribution < 1.29 is 8.78 Å². The molecule has 0 bridgehead atoms. The van der Waals surface area contributed by atoms with E-state index in [9.17, 15) is 8.78 Å². The first kappa shape index (κ1) is 18.7. The van der Waals surface area contributed by atoms with Crippen LogP contribution in [0.1, 0.15) is 76.2 Å². The monoisotopic (exact) mass is 363 g/mol. The molecular weight excluding hydrogens is 336 g/mol. The first-order valence-electron chi connectivity index (χ1n) is 9.69. The van der Waals surface area contributed by atoms with Crippen molar-refractivity contribution in [3.63, 3.8) is 0 Å². The van der Waals surface area contributed by atoms with E-state index >= 15 is 0 Å². The molecule has 1 aromatic rings. The van der Waals surface area contributed by atoms with E-state index in [1.807, 2.05) is 5.16 Å². The van der Waals surface area contributed by atoms with Crippen LogP contribution in [0.25, 0.3) is 0 Å². The fourth-order valence-corrected chi connectivity index (χ4v) is 5.06. The van der Waals surface area contributed by atoms with Gasteiger partial charge in [-0.3, -0.25) is 0 Å². The maximum Gasteiger partial charge on any atom is 0.152 e. The van der Waals surface area contributed by atoms with Crippen LogP contribution in [0.5, 0.6) is 0 Å². The summed E-state index contributed by atoms with van der Waals surface area (Å²) in [4.78, 5) is 3.49. The Morgan fingerprint density at radius 1 is 0.960 bits per heavy atom. The van der Waals surface area contributed by atoms with E-state index < -0.39 is 11.6 Å². The summed E-state index contributed by atoms with van der Waals surface area (Å²) in [6.45, 7) is 2.30. The zero-order valence-electron chi connectivity index (χ0n) is 14.9. The van der Waals surface area contributed by atoms with Gasteiger partial charge in [0.25, 0.3) is 0 Å². The molecule has 1 nitrogen and oxygen atoms in total. The lowest BCUT2D eigenvalue weighted by molar-refractivity contribution is 0.158. The summed E-state index contributed by atoms with van der Waals surface area (Å²) in [5, 5.41) is 2.04. The molecule has 0 atom stereocenters. The lowest BCUT2D eigenvalue weighted by atomic mass is 9.68.